The monoisotopic (exact) mass is 321 g/mol. The molecule has 2 aromatic carbocycles. The second-order valence-electron chi connectivity index (χ2n) is 6.82. The third-order valence-corrected chi connectivity index (χ3v) is 4.65. The topological polar surface area (TPSA) is 18.8 Å². The number of rotatable bonds is 4. The number of piperazine rings is 1. The summed E-state index contributed by atoms with van der Waals surface area (Å²) in [5.74, 6) is 0. The van der Waals surface area contributed by atoms with Crippen LogP contribution in [0.4, 0.5) is 0 Å². The fourth-order valence-electron chi connectivity index (χ4n) is 3.17. The van der Waals surface area contributed by atoms with Gasteiger partial charge in [-0.15, -0.1) is 0 Å². The van der Waals surface area contributed by atoms with Crippen LogP contribution in [0.3, 0.4) is 0 Å². The van der Waals surface area contributed by atoms with E-state index in [9.17, 15) is 0 Å². The zero-order chi connectivity index (χ0) is 16.9. The van der Waals surface area contributed by atoms with E-state index in [1.807, 2.05) is 6.21 Å². The van der Waals surface area contributed by atoms with Gasteiger partial charge >= 0.3 is 0 Å². The van der Waals surface area contributed by atoms with Crippen molar-refractivity contribution in [3.05, 3.63) is 70.3 Å². The number of aryl methyl sites for hydroxylation is 3. The van der Waals surface area contributed by atoms with Crippen molar-refractivity contribution < 1.29 is 0 Å². The van der Waals surface area contributed by atoms with Crippen LogP contribution < -0.4 is 0 Å². The fraction of sp³-hybridized carbons (Fsp3) is 0.381. The molecule has 3 heteroatoms. The van der Waals surface area contributed by atoms with E-state index in [1.165, 1.54) is 27.8 Å². The molecule has 1 aliphatic rings. The Hall–Kier alpha value is -2.13. The van der Waals surface area contributed by atoms with E-state index < -0.39 is 0 Å². The number of hydrogen-bond donors (Lipinski definition) is 0. The first-order valence-corrected chi connectivity index (χ1v) is 8.74. The summed E-state index contributed by atoms with van der Waals surface area (Å²) in [6.07, 6.45) is 1.98. The van der Waals surface area contributed by atoms with Crippen LogP contribution in [0, 0.1) is 20.8 Å². The molecule has 1 heterocycles. The lowest BCUT2D eigenvalue weighted by atomic mass is 10.1. The summed E-state index contributed by atoms with van der Waals surface area (Å²) in [5.41, 5.74) is 6.63. The van der Waals surface area contributed by atoms with Crippen LogP contribution in [-0.4, -0.2) is 42.3 Å². The summed E-state index contributed by atoms with van der Waals surface area (Å²) < 4.78 is 0. The SMILES string of the molecule is Cc1cccc(/C=N/N2CCN(Cc3ccc(C)cc3C)CC2)c1. The molecule has 0 unspecified atom stereocenters. The normalized spacial score (nSPS) is 16.0. The van der Waals surface area contributed by atoms with Crippen LogP contribution in [-0.2, 0) is 6.54 Å². The molecule has 0 saturated carbocycles. The molecule has 0 amide bonds. The van der Waals surface area contributed by atoms with Crippen LogP contribution in [0.1, 0.15) is 27.8 Å². The van der Waals surface area contributed by atoms with Crippen molar-refractivity contribution in [3.63, 3.8) is 0 Å². The Labute approximate surface area is 145 Å². The van der Waals surface area contributed by atoms with Crippen molar-refractivity contribution in [3.8, 4) is 0 Å². The van der Waals surface area contributed by atoms with E-state index in [4.69, 9.17) is 0 Å². The van der Waals surface area contributed by atoms with Gasteiger partial charge in [-0.3, -0.25) is 9.91 Å². The smallest absolute Gasteiger partial charge is 0.0543 e. The van der Waals surface area contributed by atoms with Gasteiger partial charge in [0.2, 0.25) is 0 Å². The zero-order valence-corrected chi connectivity index (χ0v) is 15.0. The molecular weight excluding hydrogens is 294 g/mol. The van der Waals surface area contributed by atoms with Crippen molar-refractivity contribution in [1.29, 1.82) is 0 Å². The molecule has 1 fully saturated rings. The van der Waals surface area contributed by atoms with Gasteiger partial charge < -0.3 is 0 Å². The molecule has 3 nitrogen and oxygen atoms in total. The molecule has 0 bridgehead atoms. The molecular formula is C21H27N3. The summed E-state index contributed by atoms with van der Waals surface area (Å²) in [6, 6.07) is 15.2. The Balaban J connectivity index is 1.52. The number of hydrogen-bond acceptors (Lipinski definition) is 3. The van der Waals surface area contributed by atoms with Gasteiger partial charge in [-0.05, 0) is 37.5 Å². The highest BCUT2D eigenvalue weighted by molar-refractivity contribution is 5.79. The van der Waals surface area contributed by atoms with Gasteiger partial charge in [0.1, 0.15) is 0 Å². The Kier molecular flexibility index (Phi) is 5.31. The number of benzene rings is 2. The number of hydrazone groups is 1. The van der Waals surface area contributed by atoms with E-state index >= 15 is 0 Å². The first-order chi connectivity index (χ1) is 11.6. The summed E-state index contributed by atoms with van der Waals surface area (Å²) in [4.78, 5) is 2.52. The van der Waals surface area contributed by atoms with Gasteiger partial charge in [0.25, 0.3) is 0 Å². The first-order valence-electron chi connectivity index (χ1n) is 8.74. The van der Waals surface area contributed by atoms with E-state index in [1.54, 1.807) is 0 Å². The molecule has 1 aliphatic heterocycles. The van der Waals surface area contributed by atoms with Crippen molar-refractivity contribution in [2.45, 2.75) is 27.3 Å². The second kappa shape index (κ2) is 7.63. The lowest BCUT2D eigenvalue weighted by Crippen LogP contribution is -2.43. The van der Waals surface area contributed by atoms with E-state index in [2.05, 4.69) is 78.2 Å². The van der Waals surface area contributed by atoms with E-state index in [-0.39, 0.29) is 0 Å². The van der Waals surface area contributed by atoms with Crippen LogP contribution in [0.25, 0.3) is 0 Å². The quantitative estimate of drug-likeness (QED) is 0.799. The lowest BCUT2D eigenvalue weighted by Gasteiger charge is -2.33. The highest BCUT2D eigenvalue weighted by Crippen LogP contribution is 2.14. The van der Waals surface area contributed by atoms with Crippen molar-refractivity contribution in [1.82, 2.24) is 9.91 Å². The number of nitrogens with zero attached hydrogens (tertiary/aromatic N) is 3. The van der Waals surface area contributed by atoms with Crippen molar-refractivity contribution >= 4 is 6.21 Å². The predicted molar refractivity (Wildman–Crippen MR) is 102 cm³/mol. The Morgan fingerprint density at radius 1 is 0.917 bits per heavy atom. The average molecular weight is 321 g/mol. The molecule has 1 saturated heterocycles. The molecule has 24 heavy (non-hydrogen) atoms. The molecule has 0 atom stereocenters. The zero-order valence-electron chi connectivity index (χ0n) is 15.0. The fourth-order valence-corrected chi connectivity index (χ4v) is 3.17. The second-order valence-corrected chi connectivity index (χ2v) is 6.82. The molecule has 3 rings (SSSR count). The molecule has 0 aliphatic carbocycles. The minimum atomic E-state index is 0.993. The average Bonchev–Trinajstić information content (AvgIpc) is 2.57. The molecule has 2 aromatic rings. The van der Waals surface area contributed by atoms with Gasteiger partial charge in [-0.2, -0.15) is 5.10 Å². The maximum absolute atomic E-state index is 4.65. The maximum Gasteiger partial charge on any atom is 0.0543 e. The summed E-state index contributed by atoms with van der Waals surface area (Å²) >= 11 is 0. The Morgan fingerprint density at radius 3 is 2.38 bits per heavy atom. The van der Waals surface area contributed by atoms with Crippen LogP contribution >= 0.6 is 0 Å². The van der Waals surface area contributed by atoms with Crippen LogP contribution in [0.5, 0.6) is 0 Å². The van der Waals surface area contributed by atoms with Gasteiger partial charge in [0.05, 0.1) is 6.21 Å². The third kappa shape index (κ3) is 4.45. The van der Waals surface area contributed by atoms with E-state index in [0.29, 0.717) is 0 Å². The summed E-state index contributed by atoms with van der Waals surface area (Å²) in [7, 11) is 0. The largest absolute Gasteiger partial charge is 0.295 e. The van der Waals surface area contributed by atoms with Crippen molar-refractivity contribution in [2.24, 2.45) is 5.10 Å². The first kappa shape index (κ1) is 16.7. The van der Waals surface area contributed by atoms with Gasteiger partial charge in [-0.25, -0.2) is 0 Å². The highest BCUT2D eigenvalue weighted by Gasteiger charge is 2.16. The van der Waals surface area contributed by atoms with Gasteiger partial charge in [0, 0.05) is 32.7 Å². The molecule has 0 spiro atoms. The lowest BCUT2D eigenvalue weighted by molar-refractivity contribution is 0.131. The minimum absolute atomic E-state index is 0.993. The molecule has 0 N–H and O–H groups in total. The third-order valence-electron chi connectivity index (χ3n) is 4.65. The van der Waals surface area contributed by atoms with E-state index in [0.717, 1.165) is 32.7 Å². The van der Waals surface area contributed by atoms with Crippen LogP contribution in [0.2, 0.25) is 0 Å². The Morgan fingerprint density at radius 2 is 1.67 bits per heavy atom. The van der Waals surface area contributed by atoms with Gasteiger partial charge in [-0.1, -0.05) is 53.6 Å². The standard InChI is InChI=1S/C21H27N3/c1-17-5-4-6-20(14-17)15-22-24-11-9-23(10-12-24)16-21-8-7-18(2)13-19(21)3/h4-8,13-15H,9-12,16H2,1-3H3/b22-15+. The van der Waals surface area contributed by atoms with Gasteiger partial charge in [0.15, 0.2) is 0 Å². The molecule has 126 valence electrons. The van der Waals surface area contributed by atoms with Crippen LogP contribution in [0.15, 0.2) is 47.6 Å². The maximum atomic E-state index is 4.65. The van der Waals surface area contributed by atoms with Crippen molar-refractivity contribution in [2.75, 3.05) is 26.2 Å². The summed E-state index contributed by atoms with van der Waals surface area (Å²) in [6.45, 7) is 11.6. The molecule has 0 aromatic heterocycles. The summed E-state index contributed by atoms with van der Waals surface area (Å²) in [5, 5.41) is 6.83. The Bertz CT molecular complexity index is 713. The predicted octanol–water partition coefficient (Wildman–Crippen LogP) is 3.76. The molecule has 0 radical (unpaired) electrons. The highest BCUT2D eigenvalue weighted by atomic mass is 15.5. The minimum Gasteiger partial charge on any atom is -0.295 e.